The molecule has 0 bridgehead atoms. The molecule has 16 heavy (non-hydrogen) atoms. The summed E-state index contributed by atoms with van der Waals surface area (Å²) in [5.74, 6) is -0.358. The Labute approximate surface area is 101 Å². The fourth-order valence-corrected chi connectivity index (χ4v) is 1.95. The summed E-state index contributed by atoms with van der Waals surface area (Å²) >= 11 is 0. The van der Waals surface area contributed by atoms with Crippen LogP contribution >= 0.6 is 10.8 Å². The summed E-state index contributed by atoms with van der Waals surface area (Å²) in [6.45, 7) is 2.70. The van der Waals surface area contributed by atoms with Crippen molar-refractivity contribution in [1.29, 1.82) is 0 Å². The lowest BCUT2D eigenvalue weighted by atomic mass is 10.1. The SMILES string of the molecule is CCCCCCCCCCOCS(C)(F)F. The van der Waals surface area contributed by atoms with E-state index in [4.69, 9.17) is 4.74 Å². The third kappa shape index (κ3) is 14.2. The second-order valence-electron chi connectivity index (χ2n) is 4.37. The van der Waals surface area contributed by atoms with Gasteiger partial charge in [0.15, 0.2) is 0 Å². The summed E-state index contributed by atoms with van der Waals surface area (Å²) in [7, 11) is -3.45. The average Bonchev–Trinajstić information content (AvgIpc) is 2.19. The van der Waals surface area contributed by atoms with E-state index in [0.717, 1.165) is 19.1 Å². The van der Waals surface area contributed by atoms with Crippen molar-refractivity contribution >= 4 is 10.8 Å². The third-order valence-electron chi connectivity index (χ3n) is 2.43. The molecule has 0 saturated heterocycles. The molecule has 0 rings (SSSR count). The second kappa shape index (κ2) is 10.3. The summed E-state index contributed by atoms with van der Waals surface area (Å²) in [5.41, 5.74) is 0. The number of hydrogen-bond donors (Lipinski definition) is 0. The molecular formula is C12H26F2OS. The van der Waals surface area contributed by atoms with Crippen LogP contribution in [0.5, 0.6) is 0 Å². The first-order chi connectivity index (χ1) is 7.56. The van der Waals surface area contributed by atoms with Gasteiger partial charge in [-0.3, -0.25) is 0 Å². The van der Waals surface area contributed by atoms with E-state index in [1.54, 1.807) is 0 Å². The number of halogens is 2. The maximum absolute atomic E-state index is 12.4. The van der Waals surface area contributed by atoms with Crippen LogP contribution in [-0.2, 0) is 4.74 Å². The molecule has 1 nitrogen and oxygen atoms in total. The van der Waals surface area contributed by atoms with Crippen LogP contribution in [0.4, 0.5) is 7.77 Å². The predicted octanol–water partition coefficient (Wildman–Crippen LogP) is 5.30. The van der Waals surface area contributed by atoms with Crippen molar-refractivity contribution < 1.29 is 12.5 Å². The molecular weight excluding hydrogens is 230 g/mol. The first-order valence-electron chi connectivity index (χ1n) is 6.29. The van der Waals surface area contributed by atoms with Gasteiger partial charge in [-0.15, -0.1) is 0 Å². The predicted molar refractivity (Wildman–Crippen MR) is 69.2 cm³/mol. The number of ether oxygens (including phenoxy) is 1. The van der Waals surface area contributed by atoms with E-state index in [1.165, 1.54) is 38.5 Å². The van der Waals surface area contributed by atoms with Crippen LogP contribution in [0, 0.1) is 0 Å². The van der Waals surface area contributed by atoms with Crippen molar-refractivity contribution in [3.05, 3.63) is 0 Å². The number of unbranched alkanes of at least 4 members (excludes halogenated alkanes) is 7. The molecule has 0 heterocycles. The van der Waals surface area contributed by atoms with E-state index in [-0.39, 0.29) is 5.94 Å². The summed E-state index contributed by atoms with van der Waals surface area (Å²) in [5, 5.41) is 0. The maximum Gasteiger partial charge on any atom is 0.129 e. The van der Waals surface area contributed by atoms with Gasteiger partial charge in [-0.25, -0.2) is 0 Å². The lowest BCUT2D eigenvalue weighted by molar-refractivity contribution is 0.170. The van der Waals surface area contributed by atoms with E-state index in [0.29, 0.717) is 6.61 Å². The van der Waals surface area contributed by atoms with Crippen molar-refractivity contribution in [2.45, 2.75) is 58.3 Å². The minimum absolute atomic E-state index is 0.358. The largest absolute Gasteiger partial charge is 0.367 e. The topological polar surface area (TPSA) is 9.23 Å². The summed E-state index contributed by atoms with van der Waals surface area (Å²) in [6, 6.07) is 0. The van der Waals surface area contributed by atoms with Crippen molar-refractivity contribution in [2.24, 2.45) is 0 Å². The Bertz CT molecular complexity index is 148. The van der Waals surface area contributed by atoms with Crippen LogP contribution < -0.4 is 0 Å². The van der Waals surface area contributed by atoms with Gasteiger partial charge in [0.2, 0.25) is 0 Å². The van der Waals surface area contributed by atoms with Crippen LogP contribution in [0.25, 0.3) is 0 Å². The molecule has 0 aromatic rings. The Hall–Kier alpha value is 0.170. The molecule has 4 heteroatoms. The van der Waals surface area contributed by atoms with Gasteiger partial charge in [0.1, 0.15) is 5.94 Å². The Morgan fingerprint density at radius 1 is 0.875 bits per heavy atom. The fourth-order valence-electron chi connectivity index (χ4n) is 1.54. The third-order valence-corrected chi connectivity index (χ3v) is 3.01. The van der Waals surface area contributed by atoms with Crippen LogP contribution in [0.15, 0.2) is 0 Å². The molecule has 0 aliphatic heterocycles. The van der Waals surface area contributed by atoms with Gasteiger partial charge in [-0.2, -0.15) is 7.77 Å². The molecule has 0 aromatic heterocycles. The zero-order valence-corrected chi connectivity index (χ0v) is 11.5. The van der Waals surface area contributed by atoms with Gasteiger partial charge in [0.05, 0.1) is 10.8 Å². The first kappa shape index (κ1) is 16.2. The monoisotopic (exact) mass is 256 g/mol. The van der Waals surface area contributed by atoms with Gasteiger partial charge >= 0.3 is 0 Å². The Kier molecular flexibility index (Phi) is 10.4. The van der Waals surface area contributed by atoms with Gasteiger partial charge in [-0.1, -0.05) is 51.9 Å². The van der Waals surface area contributed by atoms with Crippen molar-refractivity contribution in [1.82, 2.24) is 0 Å². The highest BCUT2D eigenvalue weighted by atomic mass is 32.3. The van der Waals surface area contributed by atoms with Crippen LogP contribution in [0.1, 0.15) is 58.3 Å². The molecule has 0 aromatic carbocycles. The molecule has 0 N–H and O–H groups in total. The highest BCUT2D eigenvalue weighted by Crippen LogP contribution is 2.46. The Morgan fingerprint density at radius 2 is 1.38 bits per heavy atom. The van der Waals surface area contributed by atoms with Gasteiger partial charge in [-0.05, 0) is 6.42 Å². The normalized spacial score (nSPS) is 13.0. The van der Waals surface area contributed by atoms with Crippen molar-refractivity contribution in [3.63, 3.8) is 0 Å². The molecule has 0 atom stereocenters. The fraction of sp³-hybridized carbons (Fsp3) is 1.00. The van der Waals surface area contributed by atoms with E-state index >= 15 is 0 Å². The van der Waals surface area contributed by atoms with Crippen LogP contribution in [0.3, 0.4) is 0 Å². The molecule has 0 spiro atoms. The standard InChI is InChI=1S/C12H26F2OS/c1-3-4-5-6-7-8-9-10-11-15-12-16(2,13)14/h3-12H2,1-2H3. The summed E-state index contributed by atoms with van der Waals surface area (Å²) in [6.07, 6.45) is 10.7. The van der Waals surface area contributed by atoms with E-state index in [1.807, 2.05) is 0 Å². The van der Waals surface area contributed by atoms with E-state index < -0.39 is 10.8 Å². The molecule has 0 aliphatic carbocycles. The second-order valence-corrected chi connectivity index (χ2v) is 6.36. The average molecular weight is 256 g/mol. The summed E-state index contributed by atoms with van der Waals surface area (Å²) in [4.78, 5) is 0. The smallest absolute Gasteiger partial charge is 0.129 e. The molecule has 100 valence electrons. The molecule has 0 fully saturated rings. The highest BCUT2D eigenvalue weighted by Gasteiger charge is 2.13. The molecule has 0 unspecified atom stereocenters. The number of rotatable bonds is 11. The summed E-state index contributed by atoms with van der Waals surface area (Å²) < 4.78 is 29.8. The highest BCUT2D eigenvalue weighted by molar-refractivity contribution is 8.24. The Morgan fingerprint density at radius 3 is 1.88 bits per heavy atom. The van der Waals surface area contributed by atoms with Crippen LogP contribution in [-0.4, -0.2) is 18.8 Å². The molecule has 0 saturated carbocycles. The van der Waals surface area contributed by atoms with E-state index in [2.05, 4.69) is 6.92 Å². The number of hydrogen-bond acceptors (Lipinski definition) is 1. The molecule has 0 amide bonds. The lowest BCUT2D eigenvalue weighted by Gasteiger charge is -2.14. The first-order valence-corrected chi connectivity index (χ1v) is 8.30. The van der Waals surface area contributed by atoms with Gasteiger partial charge in [0.25, 0.3) is 0 Å². The maximum atomic E-state index is 12.4. The minimum atomic E-state index is -3.45. The van der Waals surface area contributed by atoms with Crippen molar-refractivity contribution in [3.8, 4) is 0 Å². The minimum Gasteiger partial charge on any atom is -0.367 e. The zero-order chi connectivity index (χ0) is 12.3. The van der Waals surface area contributed by atoms with E-state index in [9.17, 15) is 7.77 Å². The van der Waals surface area contributed by atoms with Gasteiger partial charge < -0.3 is 4.74 Å². The van der Waals surface area contributed by atoms with Gasteiger partial charge in [0, 0.05) is 12.9 Å². The van der Waals surface area contributed by atoms with Crippen molar-refractivity contribution in [2.75, 3.05) is 18.8 Å². The zero-order valence-electron chi connectivity index (χ0n) is 10.6. The Balaban J connectivity index is 2.99. The lowest BCUT2D eigenvalue weighted by Crippen LogP contribution is -1.99. The quantitative estimate of drug-likeness (QED) is 0.455. The van der Waals surface area contributed by atoms with Crippen LogP contribution in [0.2, 0.25) is 0 Å². The molecule has 0 radical (unpaired) electrons. The molecule has 0 aliphatic rings.